The number of aryl methyl sites for hydroxylation is 2. The van der Waals surface area contributed by atoms with Crippen LogP contribution >= 0.6 is 11.3 Å². The third-order valence-electron chi connectivity index (χ3n) is 5.16. The number of carbonyl (C=O) groups is 2. The molecule has 6 heteroatoms. The Labute approximate surface area is 169 Å². The molecule has 1 aliphatic carbocycles. The molecule has 2 unspecified atom stereocenters. The maximum absolute atomic E-state index is 12.6. The quantitative estimate of drug-likeness (QED) is 0.639. The lowest BCUT2D eigenvalue weighted by molar-refractivity contribution is -0.146. The van der Waals surface area contributed by atoms with Gasteiger partial charge in [0.2, 0.25) is 5.91 Å². The maximum Gasteiger partial charge on any atom is 0.307 e. The predicted octanol–water partition coefficient (Wildman–Crippen LogP) is 5.07. The van der Waals surface area contributed by atoms with Crippen molar-refractivity contribution >= 4 is 28.3 Å². The summed E-state index contributed by atoms with van der Waals surface area (Å²) < 4.78 is 0. The van der Waals surface area contributed by atoms with E-state index in [0.717, 1.165) is 22.6 Å². The van der Waals surface area contributed by atoms with Crippen molar-refractivity contribution in [2.45, 2.75) is 46.0 Å². The number of nitrogens with zero attached hydrogens (tertiary/aromatic N) is 1. The SMILES string of the molecule is CCCCc1ccc(-c2nc(NC(=O)C3CC=CCC3C(=O)O)sc2C)cc1. The van der Waals surface area contributed by atoms with Gasteiger partial charge in [-0.2, -0.15) is 0 Å². The molecule has 2 aromatic rings. The van der Waals surface area contributed by atoms with Gasteiger partial charge in [0.25, 0.3) is 0 Å². The summed E-state index contributed by atoms with van der Waals surface area (Å²) in [6.07, 6.45) is 7.98. The van der Waals surface area contributed by atoms with E-state index in [1.807, 2.05) is 19.1 Å². The number of carbonyl (C=O) groups excluding carboxylic acids is 1. The number of nitrogens with one attached hydrogen (secondary N) is 1. The van der Waals surface area contributed by atoms with Crippen LogP contribution in [-0.2, 0) is 16.0 Å². The molecule has 1 amide bonds. The zero-order chi connectivity index (χ0) is 20.1. The molecule has 3 rings (SSSR count). The normalized spacial score (nSPS) is 18.8. The Morgan fingerprint density at radius 3 is 2.50 bits per heavy atom. The minimum absolute atomic E-state index is 0.271. The number of anilines is 1. The molecule has 0 bridgehead atoms. The fourth-order valence-electron chi connectivity index (χ4n) is 3.50. The zero-order valence-corrected chi connectivity index (χ0v) is 17.1. The van der Waals surface area contributed by atoms with Crippen LogP contribution in [0.4, 0.5) is 5.13 Å². The van der Waals surface area contributed by atoms with Crippen molar-refractivity contribution in [1.82, 2.24) is 4.98 Å². The number of carboxylic acids is 1. The highest BCUT2D eigenvalue weighted by molar-refractivity contribution is 7.16. The van der Waals surface area contributed by atoms with E-state index >= 15 is 0 Å². The fraction of sp³-hybridized carbons (Fsp3) is 0.409. The van der Waals surface area contributed by atoms with Gasteiger partial charge >= 0.3 is 5.97 Å². The largest absolute Gasteiger partial charge is 0.481 e. The van der Waals surface area contributed by atoms with Crippen molar-refractivity contribution in [2.24, 2.45) is 11.8 Å². The molecule has 1 aliphatic rings. The number of hydrogen-bond donors (Lipinski definition) is 2. The zero-order valence-electron chi connectivity index (χ0n) is 16.3. The minimum atomic E-state index is -0.927. The molecule has 0 aliphatic heterocycles. The van der Waals surface area contributed by atoms with E-state index in [4.69, 9.17) is 0 Å². The molecule has 0 fully saturated rings. The van der Waals surface area contributed by atoms with Crippen molar-refractivity contribution in [1.29, 1.82) is 0 Å². The summed E-state index contributed by atoms with van der Waals surface area (Å²) >= 11 is 1.42. The van der Waals surface area contributed by atoms with Crippen LogP contribution in [0.3, 0.4) is 0 Å². The van der Waals surface area contributed by atoms with E-state index in [-0.39, 0.29) is 5.91 Å². The van der Waals surface area contributed by atoms with Gasteiger partial charge in [0.1, 0.15) is 0 Å². The number of aliphatic carboxylic acids is 1. The molecular formula is C22H26N2O3S. The van der Waals surface area contributed by atoms with Crippen LogP contribution in [0.25, 0.3) is 11.3 Å². The molecule has 0 saturated carbocycles. The first-order chi connectivity index (χ1) is 13.5. The smallest absolute Gasteiger partial charge is 0.307 e. The van der Waals surface area contributed by atoms with E-state index in [1.54, 1.807) is 0 Å². The minimum Gasteiger partial charge on any atom is -0.481 e. The molecule has 0 radical (unpaired) electrons. The molecule has 0 saturated heterocycles. The molecule has 1 aromatic carbocycles. The van der Waals surface area contributed by atoms with E-state index in [9.17, 15) is 14.7 Å². The summed E-state index contributed by atoms with van der Waals surface area (Å²) in [6, 6.07) is 8.41. The standard InChI is InChI=1S/C22H26N2O3S/c1-3-4-7-15-10-12-16(13-11-15)19-14(2)28-22(23-19)24-20(25)17-8-5-6-9-18(17)21(26)27/h5-6,10-13,17-18H,3-4,7-9H2,1-2H3,(H,26,27)(H,23,24,25). The Kier molecular flexibility index (Phi) is 6.62. The monoisotopic (exact) mass is 398 g/mol. The lowest BCUT2D eigenvalue weighted by Gasteiger charge is -2.23. The van der Waals surface area contributed by atoms with Gasteiger partial charge in [-0.1, -0.05) is 49.8 Å². The van der Waals surface area contributed by atoms with Crippen LogP contribution < -0.4 is 5.32 Å². The number of aromatic nitrogens is 1. The molecule has 2 N–H and O–H groups in total. The predicted molar refractivity (Wildman–Crippen MR) is 113 cm³/mol. The molecule has 148 valence electrons. The average Bonchev–Trinajstić information content (AvgIpc) is 3.06. The number of allylic oxidation sites excluding steroid dienone is 2. The Balaban J connectivity index is 1.72. The van der Waals surface area contributed by atoms with E-state index in [2.05, 4.69) is 41.5 Å². The Morgan fingerprint density at radius 2 is 1.86 bits per heavy atom. The number of amides is 1. The summed E-state index contributed by atoms with van der Waals surface area (Å²) in [5.74, 6) is -2.44. The van der Waals surface area contributed by atoms with Crippen LogP contribution in [0.15, 0.2) is 36.4 Å². The second kappa shape index (κ2) is 9.15. The number of carboxylic acid groups (broad SMARTS) is 1. The fourth-order valence-corrected chi connectivity index (χ4v) is 4.34. The van der Waals surface area contributed by atoms with Gasteiger partial charge in [0.05, 0.1) is 17.5 Å². The van der Waals surface area contributed by atoms with Crippen LogP contribution in [0.1, 0.15) is 43.0 Å². The second-order valence-corrected chi connectivity index (χ2v) is 8.41. The Hall–Kier alpha value is -2.47. The third kappa shape index (κ3) is 4.68. The van der Waals surface area contributed by atoms with Gasteiger partial charge in [0.15, 0.2) is 5.13 Å². The number of rotatable bonds is 7. The van der Waals surface area contributed by atoms with E-state index < -0.39 is 17.8 Å². The molecule has 2 atom stereocenters. The Bertz CT molecular complexity index is 870. The van der Waals surface area contributed by atoms with E-state index in [0.29, 0.717) is 18.0 Å². The van der Waals surface area contributed by atoms with Crippen LogP contribution in [0.2, 0.25) is 0 Å². The third-order valence-corrected chi connectivity index (χ3v) is 6.05. The molecule has 1 aromatic heterocycles. The highest BCUT2D eigenvalue weighted by atomic mass is 32.1. The van der Waals surface area contributed by atoms with E-state index in [1.165, 1.54) is 29.7 Å². The number of hydrogen-bond acceptors (Lipinski definition) is 4. The lowest BCUT2D eigenvalue weighted by Crippen LogP contribution is -2.34. The van der Waals surface area contributed by atoms with Gasteiger partial charge in [0, 0.05) is 10.4 Å². The second-order valence-electron chi connectivity index (χ2n) is 7.21. The van der Waals surface area contributed by atoms with Crippen molar-refractivity contribution in [3.63, 3.8) is 0 Å². The molecule has 5 nitrogen and oxygen atoms in total. The van der Waals surface area contributed by atoms with Gasteiger partial charge in [-0.15, -0.1) is 11.3 Å². The maximum atomic E-state index is 12.6. The Morgan fingerprint density at radius 1 is 1.18 bits per heavy atom. The topological polar surface area (TPSA) is 79.3 Å². The number of benzene rings is 1. The van der Waals surface area contributed by atoms with Crippen LogP contribution in [0.5, 0.6) is 0 Å². The van der Waals surface area contributed by atoms with Crippen LogP contribution in [0, 0.1) is 18.8 Å². The van der Waals surface area contributed by atoms with Crippen LogP contribution in [-0.4, -0.2) is 22.0 Å². The summed E-state index contributed by atoms with van der Waals surface area (Å²) in [4.78, 5) is 29.7. The van der Waals surface area contributed by atoms with Gasteiger partial charge in [-0.05, 0) is 38.2 Å². The van der Waals surface area contributed by atoms with Gasteiger partial charge in [-0.25, -0.2) is 4.98 Å². The summed E-state index contributed by atoms with van der Waals surface area (Å²) in [6.45, 7) is 4.17. The van der Waals surface area contributed by atoms with Gasteiger partial charge < -0.3 is 10.4 Å². The number of unbranched alkanes of at least 4 members (excludes halogenated alkanes) is 1. The highest BCUT2D eigenvalue weighted by Crippen LogP contribution is 2.32. The lowest BCUT2D eigenvalue weighted by atomic mass is 9.82. The molecular weight excluding hydrogens is 372 g/mol. The molecule has 1 heterocycles. The highest BCUT2D eigenvalue weighted by Gasteiger charge is 2.34. The summed E-state index contributed by atoms with van der Waals surface area (Å²) in [5, 5.41) is 12.7. The van der Waals surface area contributed by atoms with Crippen molar-refractivity contribution in [2.75, 3.05) is 5.32 Å². The molecule has 28 heavy (non-hydrogen) atoms. The average molecular weight is 399 g/mol. The van der Waals surface area contributed by atoms with Crippen molar-refractivity contribution in [3.05, 3.63) is 46.9 Å². The van der Waals surface area contributed by atoms with Gasteiger partial charge in [-0.3, -0.25) is 9.59 Å². The molecule has 0 spiro atoms. The summed E-state index contributed by atoms with van der Waals surface area (Å²) in [5.41, 5.74) is 3.20. The summed E-state index contributed by atoms with van der Waals surface area (Å²) in [7, 11) is 0. The first-order valence-electron chi connectivity index (χ1n) is 9.75. The van der Waals surface area contributed by atoms with Crippen molar-refractivity contribution in [3.8, 4) is 11.3 Å². The first-order valence-corrected chi connectivity index (χ1v) is 10.6. The van der Waals surface area contributed by atoms with Crippen molar-refractivity contribution < 1.29 is 14.7 Å². The number of thiazole rings is 1. The first kappa shape index (κ1) is 20.3.